The van der Waals surface area contributed by atoms with Crippen LogP contribution in [0, 0.1) is 6.92 Å². The molecular formula is C16H20ClF3N4O. The Hall–Kier alpha value is -2.06. The molecule has 9 heteroatoms. The summed E-state index contributed by atoms with van der Waals surface area (Å²) in [4.78, 5) is 12.1. The number of carbonyl (C=O) groups is 1. The third kappa shape index (κ3) is 4.96. The Labute approximate surface area is 150 Å². The molecule has 1 aromatic heterocycles. The molecule has 0 unspecified atom stereocenters. The van der Waals surface area contributed by atoms with Crippen molar-refractivity contribution in [3.8, 4) is 5.69 Å². The Kier molecular flexibility index (Phi) is 7.44. The van der Waals surface area contributed by atoms with Crippen molar-refractivity contribution in [3.05, 3.63) is 47.3 Å². The fourth-order valence-corrected chi connectivity index (χ4v) is 2.33. The molecule has 0 spiro atoms. The predicted octanol–water partition coefficient (Wildman–Crippen LogP) is 2.96. The summed E-state index contributed by atoms with van der Waals surface area (Å²) >= 11 is 0. The van der Waals surface area contributed by atoms with Gasteiger partial charge in [-0.1, -0.05) is 18.2 Å². The van der Waals surface area contributed by atoms with Crippen molar-refractivity contribution >= 4 is 18.3 Å². The molecular weight excluding hydrogens is 357 g/mol. The normalized spacial score (nSPS) is 11.1. The van der Waals surface area contributed by atoms with Crippen LogP contribution in [-0.2, 0) is 6.18 Å². The van der Waals surface area contributed by atoms with Gasteiger partial charge in [0.1, 0.15) is 0 Å². The smallest absolute Gasteiger partial charge is 0.352 e. The molecule has 1 heterocycles. The van der Waals surface area contributed by atoms with Gasteiger partial charge in [0, 0.05) is 6.54 Å². The maximum atomic E-state index is 13.5. The van der Waals surface area contributed by atoms with E-state index in [0.29, 0.717) is 24.2 Å². The minimum atomic E-state index is -4.70. The van der Waals surface area contributed by atoms with Gasteiger partial charge in [-0.15, -0.1) is 12.4 Å². The number of hydrogen-bond acceptors (Lipinski definition) is 3. The van der Waals surface area contributed by atoms with Crippen LogP contribution in [0.2, 0.25) is 0 Å². The van der Waals surface area contributed by atoms with Gasteiger partial charge in [-0.25, -0.2) is 4.68 Å². The van der Waals surface area contributed by atoms with Gasteiger partial charge >= 0.3 is 6.18 Å². The van der Waals surface area contributed by atoms with E-state index in [4.69, 9.17) is 0 Å². The quantitative estimate of drug-likeness (QED) is 0.762. The second kappa shape index (κ2) is 8.87. The molecule has 0 bridgehead atoms. The average molecular weight is 377 g/mol. The molecule has 1 amide bonds. The number of halogens is 4. The summed E-state index contributed by atoms with van der Waals surface area (Å²) in [6.45, 7) is 2.63. The lowest BCUT2D eigenvalue weighted by Crippen LogP contribution is -2.29. The highest BCUT2D eigenvalue weighted by atomic mass is 35.5. The highest BCUT2D eigenvalue weighted by Gasteiger charge is 2.40. The lowest BCUT2D eigenvalue weighted by Gasteiger charge is -2.14. The molecule has 2 N–H and O–H groups in total. The van der Waals surface area contributed by atoms with E-state index in [2.05, 4.69) is 15.7 Å². The summed E-state index contributed by atoms with van der Waals surface area (Å²) in [7, 11) is 1.76. The number of nitrogens with one attached hydrogen (secondary N) is 2. The maximum Gasteiger partial charge on any atom is 0.434 e. The van der Waals surface area contributed by atoms with Gasteiger partial charge in [-0.3, -0.25) is 4.79 Å². The molecule has 2 rings (SSSR count). The van der Waals surface area contributed by atoms with E-state index in [1.165, 1.54) is 6.07 Å². The van der Waals surface area contributed by atoms with Crippen LogP contribution >= 0.6 is 12.4 Å². The molecule has 25 heavy (non-hydrogen) atoms. The van der Waals surface area contributed by atoms with Crippen LogP contribution < -0.4 is 10.6 Å². The van der Waals surface area contributed by atoms with E-state index >= 15 is 0 Å². The summed E-state index contributed by atoms with van der Waals surface area (Å²) < 4.78 is 41.3. The van der Waals surface area contributed by atoms with Crippen LogP contribution in [0.5, 0.6) is 0 Å². The van der Waals surface area contributed by atoms with E-state index in [9.17, 15) is 18.0 Å². The Balaban J connectivity index is 0.00000312. The molecule has 0 aliphatic rings. The van der Waals surface area contributed by atoms with Gasteiger partial charge in [0.25, 0.3) is 5.91 Å². The van der Waals surface area contributed by atoms with Crippen molar-refractivity contribution in [1.82, 2.24) is 20.4 Å². The summed E-state index contributed by atoms with van der Waals surface area (Å²) in [5.41, 5.74) is -0.621. The topological polar surface area (TPSA) is 58.9 Å². The monoisotopic (exact) mass is 376 g/mol. The molecule has 5 nitrogen and oxygen atoms in total. The van der Waals surface area contributed by atoms with Crippen molar-refractivity contribution < 1.29 is 18.0 Å². The molecule has 1 aromatic carbocycles. The molecule has 0 saturated heterocycles. The number of aryl methyl sites for hydroxylation is 1. The number of nitrogens with zero attached hydrogens (tertiary/aromatic N) is 2. The number of amides is 1. The molecule has 0 atom stereocenters. The molecule has 0 radical (unpaired) electrons. The van der Waals surface area contributed by atoms with Gasteiger partial charge in [0.15, 0.2) is 5.69 Å². The van der Waals surface area contributed by atoms with Crippen molar-refractivity contribution in [2.75, 3.05) is 20.1 Å². The molecule has 138 valence electrons. The Morgan fingerprint density at radius 2 is 1.92 bits per heavy atom. The van der Waals surface area contributed by atoms with Crippen LogP contribution in [0.4, 0.5) is 13.2 Å². The van der Waals surface area contributed by atoms with E-state index in [1.54, 1.807) is 32.2 Å². The summed E-state index contributed by atoms with van der Waals surface area (Å²) in [6.07, 6.45) is -3.12. The largest absolute Gasteiger partial charge is 0.434 e. The minimum Gasteiger partial charge on any atom is -0.352 e. The molecule has 0 saturated carbocycles. The first-order valence-electron chi connectivity index (χ1n) is 7.50. The molecule has 2 aromatic rings. The van der Waals surface area contributed by atoms with Crippen molar-refractivity contribution in [2.24, 2.45) is 0 Å². The number of rotatable bonds is 6. The number of para-hydroxylation sites is 1. The van der Waals surface area contributed by atoms with E-state index in [1.807, 2.05) is 0 Å². The second-order valence-electron chi connectivity index (χ2n) is 5.32. The Morgan fingerprint density at radius 3 is 2.52 bits per heavy atom. The fraction of sp³-hybridized carbons (Fsp3) is 0.375. The Bertz CT molecular complexity index is 716. The van der Waals surface area contributed by atoms with Crippen LogP contribution in [-0.4, -0.2) is 35.8 Å². The Morgan fingerprint density at radius 1 is 1.24 bits per heavy atom. The summed E-state index contributed by atoms with van der Waals surface area (Å²) in [6, 6.07) is 6.58. The van der Waals surface area contributed by atoms with Crippen LogP contribution in [0.3, 0.4) is 0 Å². The van der Waals surface area contributed by atoms with Crippen LogP contribution in [0.15, 0.2) is 30.5 Å². The summed E-state index contributed by atoms with van der Waals surface area (Å²) in [5.74, 6) is -0.779. The second-order valence-corrected chi connectivity index (χ2v) is 5.32. The van der Waals surface area contributed by atoms with Gasteiger partial charge in [0.2, 0.25) is 0 Å². The van der Waals surface area contributed by atoms with E-state index < -0.39 is 23.3 Å². The third-order valence-corrected chi connectivity index (χ3v) is 3.52. The highest BCUT2D eigenvalue weighted by molar-refractivity contribution is 5.95. The molecule has 0 aliphatic carbocycles. The van der Waals surface area contributed by atoms with Crippen molar-refractivity contribution in [1.29, 1.82) is 0 Å². The first kappa shape index (κ1) is 21.0. The van der Waals surface area contributed by atoms with Crippen molar-refractivity contribution in [3.63, 3.8) is 0 Å². The lowest BCUT2D eigenvalue weighted by atomic mass is 10.1. The number of alkyl halides is 3. The number of aromatic nitrogens is 2. The van der Waals surface area contributed by atoms with Gasteiger partial charge in [-0.2, -0.15) is 18.3 Å². The minimum absolute atomic E-state index is 0. The first-order valence-corrected chi connectivity index (χ1v) is 7.50. The van der Waals surface area contributed by atoms with Gasteiger partial charge < -0.3 is 10.6 Å². The lowest BCUT2D eigenvalue weighted by molar-refractivity contribution is -0.143. The SMILES string of the molecule is CNCCCNC(=O)c1cnn(-c2ccccc2C)c1C(F)(F)F.Cl. The predicted molar refractivity (Wildman–Crippen MR) is 91.4 cm³/mol. The zero-order valence-electron chi connectivity index (χ0n) is 13.9. The average Bonchev–Trinajstić information content (AvgIpc) is 2.97. The highest BCUT2D eigenvalue weighted by Crippen LogP contribution is 2.34. The van der Waals surface area contributed by atoms with Gasteiger partial charge in [0.05, 0.1) is 17.4 Å². The maximum absolute atomic E-state index is 13.5. The fourth-order valence-electron chi connectivity index (χ4n) is 2.33. The number of hydrogen-bond donors (Lipinski definition) is 2. The zero-order valence-corrected chi connectivity index (χ0v) is 14.7. The standard InChI is InChI=1S/C16H19F3N4O.ClH/c1-11-6-3-4-7-13(11)23-14(16(17,18)19)12(10-22-23)15(24)21-9-5-8-20-2;/h3-4,6-7,10,20H,5,8-9H2,1-2H3,(H,21,24);1H. The molecule has 0 fully saturated rings. The van der Waals surface area contributed by atoms with Crippen LogP contribution in [0.25, 0.3) is 5.69 Å². The number of benzene rings is 1. The molecule has 0 aliphatic heterocycles. The van der Waals surface area contributed by atoms with Crippen LogP contribution in [0.1, 0.15) is 28.0 Å². The number of carbonyl (C=O) groups excluding carboxylic acids is 1. The first-order chi connectivity index (χ1) is 11.4. The third-order valence-electron chi connectivity index (χ3n) is 3.52. The van der Waals surface area contributed by atoms with E-state index in [0.717, 1.165) is 10.9 Å². The van der Waals surface area contributed by atoms with Gasteiger partial charge in [-0.05, 0) is 38.6 Å². The van der Waals surface area contributed by atoms with Crippen molar-refractivity contribution in [2.45, 2.75) is 19.5 Å². The van der Waals surface area contributed by atoms with E-state index in [-0.39, 0.29) is 19.0 Å². The zero-order chi connectivity index (χ0) is 17.7. The summed E-state index contributed by atoms with van der Waals surface area (Å²) in [5, 5.41) is 9.20.